The molecule has 0 fully saturated rings. The van der Waals surface area contributed by atoms with Gasteiger partial charge in [0, 0.05) is 13.6 Å². The standard InChI is InChI=1S/C15H23N3O/c1-4-15(19,5-2)11-16-10-14-17-12-8-6-7-9-13(12)18(14)3/h6-9,16,19H,4-5,10-11H2,1-3H3. The van der Waals surface area contributed by atoms with Crippen LogP contribution in [0.3, 0.4) is 0 Å². The van der Waals surface area contributed by atoms with Crippen molar-refractivity contribution in [1.29, 1.82) is 0 Å². The SMILES string of the molecule is CCC(O)(CC)CNCc1nc2ccccc2n1C. The molecule has 1 heterocycles. The van der Waals surface area contributed by atoms with Gasteiger partial charge in [0.15, 0.2) is 0 Å². The van der Waals surface area contributed by atoms with E-state index in [0.29, 0.717) is 13.1 Å². The lowest BCUT2D eigenvalue weighted by Crippen LogP contribution is -2.39. The fourth-order valence-electron chi connectivity index (χ4n) is 2.26. The van der Waals surface area contributed by atoms with Gasteiger partial charge in [0.2, 0.25) is 0 Å². The number of aromatic nitrogens is 2. The first kappa shape index (κ1) is 14.0. The number of nitrogens with one attached hydrogen (secondary N) is 1. The van der Waals surface area contributed by atoms with E-state index in [0.717, 1.165) is 29.7 Å². The predicted molar refractivity (Wildman–Crippen MR) is 78.0 cm³/mol. The van der Waals surface area contributed by atoms with E-state index in [-0.39, 0.29) is 0 Å². The third kappa shape index (κ3) is 2.96. The number of hydrogen-bond donors (Lipinski definition) is 2. The Labute approximate surface area is 114 Å². The lowest BCUT2D eigenvalue weighted by molar-refractivity contribution is 0.0321. The summed E-state index contributed by atoms with van der Waals surface area (Å²) in [5.74, 6) is 0.996. The number of para-hydroxylation sites is 2. The number of benzene rings is 1. The molecule has 0 saturated heterocycles. The molecule has 1 aromatic carbocycles. The van der Waals surface area contributed by atoms with Crippen LogP contribution in [-0.2, 0) is 13.6 Å². The van der Waals surface area contributed by atoms with Gasteiger partial charge in [0.05, 0.1) is 23.2 Å². The lowest BCUT2D eigenvalue weighted by atomic mass is 9.98. The second-order valence-electron chi connectivity index (χ2n) is 5.11. The largest absolute Gasteiger partial charge is 0.389 e. The third-order valence-corrected chi connectivity index (χ3v) is 3.93. The average Bonchev–Trinajstić information content (AvgIpc) is 2.76. The van der Waals surface area contributed by atoms with Crippen molar-refractivity contribution < 1.29 is 5.11 Å². The second kappa shape index (κ2) is 5.72. The first-order valence-electron chi connectivity index (χ1n) is 6.93. The van der Waals surface area contributed by atoms with E-state index in [2.05, 4.69) is 20.9 Å². The Hall–Kier alpha value is -1.39. The highest BCUT2D eigenvalue weighted by Crippen LogP contribution is 2.15. The molecule has 0 amide bonds. The summed E-state index contributed by atoms with van der Waals surface area (Å²) in [6.45, 7) is 5.30. The van der Waals surface area contributed by atoms with Crippen molar-refractivity contribution in [2.45, 2.75) is 38.8 Å². The van der Waals surface area contributed by atoms with Gasteiger partial charge in [-0.3, -0.25) is 0 Å². The van der Waals surface area contributed by atoms with E-state index in [9.17, 15) is 5.11 Å². The molecule has 0 radical (unpaired) electrons. The molecule has 0 spiro atoms. The molecule has 4 heteroatoms. The number of rotatable bonds is 6. The summed E-state index contributed by atoms with van der Waals surface area (Å²) < 4.78 is 2.10. The quantitative estimate of drug-likeness (QED) is 0.838. The van der Waals surface area contributed by atoms with E-state index in [4.69, 9.17) is 0 Å². The van der Waals surface area contributed by atoms with E-state index in [1.807, 2.05) is 39.1 Å². The molecular formula is C15H23N3O. The molecule has 2 N–H and O–H groups in total. The van der Waals surface area contributed by atoms with Crippen LogP contribution in [0.5, 0.6) is 0 Å². The minimum absolute atomic E-state index is 0.600. The highest BCUT2D eigenvalue weighted by Gasteiger charge is 2.21. The molecule has 0 aliphatic rings. The van der Waals surface area contributed by atoms with Crippen LogP contribution < -0.4 is 5.32 Å². The van der Waals surface area contributed by atoms with Gasteiger partial charge in [-0.2, -0.15) is 0 Å². The Morgan fingerprint density at radius 3 is 2.58 bits per heavy atom. The number of aryl methyl sites for hydroxylation is 1. The highest BCUT2D eigenvalue weighted by molar-refractivity contribution is 5.75. The number of hydrogen-bond acceptors (Lipinski definition) is 3. The molecule has 1 aromatic heterocycles. The van der Waals surface area contributed by atoms with E-state index in [1.165, 1.54) is 0 Å². The Morgan fingerprint density at radius 2 is 1.95 bits per heavy atom. The summed E-state index contributed by atoms with van der Waals surface area (Å²) in [6, 6.07) is 8.11. The smallest absolute Gasteiger partial charge is 0.123 e. The molecule has 0 atom stereocenters. The van der Waals surface area contributed by atoms with Crippen LogP contribution in [0.15, 0.2) is 24.3 Å². The van der Waals surface area contributed by atoms with Crippen LogP contribution in [0.4, 0.5) is 0 Å². The molecule has 104 valence electrons. The van der Waals surface area contributed by atoms with Gasteiger partial charge in [-0.25, -0.2) is 4.98 Å². The topological polar surface area (TPSA) is 50.1 Å². The Bertz CT molecular complexity index is 543. The van der Waals surface area contributed by atoms with Crippen molar-refractivity contribution in [3.63, 3.8) is 0 Å². The van der Waals surface area contributed by atoms with Crippen molar-refractivity contribution >= 4 is 11.0 Å². The van der Waals surface area contributed by atoms with Crippen molar-refractivity contribution in [2.24, 2.45) is 7.05 Å². The van der Waals surface area contributed by atoms with Crippen LogP contribution in [0.2, 0.25) is 0 Å². The Balaban J connectivity index is 2.04. The minimum Gasteiger partial charge on any atom is -0.389 e. The van der Waals surface area contributed by atoms with E-state index < -0.39 is 5.60 Å². The van der Waals surface area contributed by atoms with Gasteiger partial charge < -0.3 is 15.0 Å². The van der Waals surface area contributed by atoms with Crippen molar-refractivity contribution in [1.82, 2.24) is 14.9 Å². The van der Waals surface area contributed by atoms with Crippen molar-refractivity contribution in [2.75, 3.05) is 6.54 Å². The lowest BCUT2D eigenvalue weighted by Gasteiger charge is -2.25. The van der Waals surface area contributed by atoms with Gasteiger partial charge in [-0.15, -0.1) is 0 Å². The molecule has 0 unspecified atom stereocenters. The molecule has 0 bridgehead atoms. The van der Waals surface area contributed by atoms with Gasteiger partial charge in [-0.05, 0) is 25.0 Å². The van der Waals surface area contributed by atoms with Crippen LogP contribution in [0.25, 0.3) is 11.0 Å². The maximum Gasteiger partial charge on any atom is 0.123 e. The second-order valence-corrected chi connectivity index (χ2v) is 5.11. The zero-order valence-corrected chi connectivity index (χ0v) is 12.0. The van der Waals surface area contributed by atoms with Gasteiger partial charge in [0.1, 0.15) is 5.82 Å². The number of nitrogens with zero attached hydrogens (tertiary/aromatic N) is 2. The summed E-state index contributed by atoms with van der Waals surface area (Å²) in [5, 5.41) is 13.5. The van der Waals surface area contributed by atoms with Gasteiger partial charge in [0.25, 0.3) is 0 Å². The third-order valence-electron chi connectivity index (χ3n) is 3.93. The Kier molecular flexibility index (Phi) is 4.22. The molecule has 0 aliphatic heterocycles. The van der Waals surface area contributed by atoms with Crippen LogP contribution in [-0.4, -0.2) is 26.8 Å². The number of imidazole rings is 1. The molecule has 0 aliphatic carbocycles. The normalized spacial score (nSPS) is 12.2. The number of fused-ring (bicyclic) bond motifs is 1. The Morgan fingerprint density at radius 1 is 1.26 bits per heavy atom. The maximum absolute atomic E-state index is 10.2. The highest BCUT2D eigenvalue weighted by atomic mass is 16.3. The summed E-state index contributed by atoms with van der Waals surface area (Å²) in [4.78, 5) is 4.60. The van der Waals surface area contributed by atoms with Crippen LogP contribution in [0, 0.1) is 0 Å². The summed E-state index contributed by atoms with van der Waals surface area (Å²) in [7, 11) is 2.03. The molecular weight excluding hydrogens is 238 g/mol. The zero-order chi connectivity index (χ0) is 13.9. The molecule has 4 nitrogen and oxygen atoms in total. The molecule has 19 heavy (non-hydrogen) atoms. The average molecular weight is 261 g/mol. The molecule has 2 rings (SSSR count). The van der Waals surface area contributed by atoms with E-state index in [1.54, 1.807) is 0 Å². The zero-order valence-electron chi connectivity index (χ0n) is 12.0. The molecule has 2 aromatic rings. The fraction of sp³-hybridized carbons (Fsp3) is 0.533. The minimum atomic E-state index is -0.607. The van der Waals surface area contributed by atoms with Crippen molar-refractivity contribution in [3.8, 4) is 0 Å². The first-order valence-corrected chi connectivity index (χ1v) is 6.93. The van der Waals surface area contributed by atoms with E-state index >= 15 is 0 Å². The summed E-state index contributed by atoms with van der Waals surface area (Å²) in [6.07, 6.45) is 1.53. The summed E-state index contributed by atoms with van der Waals surface area (Å²) >= 11 is 0. The van der Waals surface area contributed by atoms with Crippen LogP contribution >= 0.6 is 0 Å². The summed E-state index contributed by atoms with van der Waals surface area (Å²) in [5.41, 5.74) is 1.55. The van der Waals surface area contributed by atoms with Crippen LogP contribution in [0.1, 0.15) is 32.5 Å². The fourth-order valence-corrected chi connectivity index (χ4v) is 2.26. The number of aliphatic hydroxyl groups is 1. The van der Waals surface area contributed by atoms with Gasteiger partial charge >= 0.3 is 0 Å². The van der Waals surface area contributed by atoms with Crippen molar-refractivity contribution in [3.05, 3.63) is 30.1 Å². The monoisotopic (exact) mass is 261 g/mol. The first-order chi connectivity index (χ1) is 9.09. The van der Waals surface area contributed by atoms with Gasteiger partial charge in [-0.1, -0.05) is 26.0 Å². The molecule has 0 saturated carbocycles. The maximum atomic E-state index is 10.2. The predicted octanol–water partition coefficient (Wildman–Crippen LogP) is 2.21.